The summed E-state index contributed by atoms with van der Waals surface area (Å²) in [5, 5.41) is 3.53. The smallest absolute Gasteiger partial charge is 0.374 e. The van der Waals surface area contributed by atoms with Gasteiger partial charge in [-0.05, 0) is 22.9 Å². The molecule has 0 aliphatic carbocycles. The van der Waals surface area contributed by atoms with Crippen molar-refractivity contribution in [3.05, 3.63) is 56.1 Å². The van der Waals surface area contributed by atoms with E-state index in [2.05, 4.69) is 9.47 Å². The molecular formula is C16H14O6S2. The molecule has 0 aromatic carbocycles. The summed E-state index contributed by atoms with van der Waals surface area (Å²) >= 11 is 2.56. The molecule has 0 amide bonds. The summed E-state index contributed by atoms with van der Waals surface area (Å²) in [7, 11) is 2.26. The van der Waals surface area contributed by atoms with Crippen molar-refractivity contribution >= 4 is 40.4 Å². The Kier molecular flexibility index (Phi) is 6.28. The molecule has 0 N–H and O–H groups in total. The summed E-state index contributed by atoms with van der Waals surface area (Å²) in [4.78, 5) is 37.8. The molecule has 0 radical (unpaired) electrons. The Labute approximate surface area is 146 Å². The zero-order chi connectivity index (χ0) is 17.5. The molecule has 24 heavy (non-hydrogen) atoms. The van der Waals surface area contributed by atoms with Gasteiger partial charge >= 0.3 is 11.9 Å². The molecule has 8 heteroatoms. The summed E-state index contributed by atoms with van der Waals surface area (Å²) < 4.78 is 14.7. The van der Waals surface area contributed by atoms with Gasteiger partial charge in [-0.15, -0.1) is 22.7 Å². The van der Waals surface area contributed by atoms with E-state index in [-0.39, 0.29) is 11.5 Å². The highest BCUT2D eigenvalue weighted by molar-refractivity contribution is 7.12. The van der Waals surface area contributed by atoms with E-state index in [1.807, 2.05) is 11.4 Å². The number of ether oxygens (including phenoxy) is 3. The van der Waals surface area contributed by atoms with Crippen LogP contribution in [0.15, 0.2) is 46.4 Å². The molecule has 0 bridgehead atoms. The standard InChI is InChI=1S/C16H14O6S2/c1-20-15(18)12(13(17)11-6-4-8-24-11)14(16(19)21-2)22-9-10-5-3-7-23-10/h3-8H,9H2,1-2H3/b14-12-. The van der Waals surface area contributed by atoms with Gasteiger partial charge in [0.2, 0.25) is 11.5 Å². The number of carbonyl (C=O) groups is 3. The molecule has 0 fully saturated rings. The lowest BCUT2D eigenvalue weighted by molar-refractivity contribution is -0.142. The molecule has 0 aliphatic heterocycles. The highest BCUT2D eigenvalue weighted by Gasteiger charge is 2.31. The summed E-state index contributed by atoms with van der Waals surface area (Å²) in [6.45, 7) is 0.0281. The molecule has 2 heterocycles. The fourth-order valence-electron chi connectivity index (χ4n) is 1.79. The lowest BCUT2D eigenvalue weighted by Crippen LogP contribution is -2.22. The third-order valence-electron chi connectivity index (χ3n) is 2.90. The minimum absolute atomic E-state index is 0.0281. The first-order valence-corrected chi connectivity index (χ1v) is 8.48. The maximum Gasteiger partial charge on any atom is 0.374 e. The van der Waals surface area contributed by atoms with Gasteiger partial charge in [-0.3, -0.25) is 4.79 Å². The maximum atomic E-state index is 12.6. The van der Waals surface area contributed by atoms with E-state index in [4.69, 9.17) is 4.74 Å². The van der Waals surface area contributed by atoms with Crippen molar-refractivity contribution < 1.29 is 28.6 Å². The molecule has 6 nitrogen and oxygen atoms in total. The first-order chi connectivity index (χ1) is 11.6. The predicted octanol–water partition coefficient (Wildman–Crippen LogP) is 2.81. The van der Waals surface area contributed by atoms with Gasteiger partial charge in [-0.1, -0.05) is 12.1 Å². The fourth-order valence-corrected chi connectivity index (χ4v) is 3.07. The van der Waals surface area contributed by atoms with Crippen LogP contribution >= 0.6 is 22.7 Å². The Morgan fingerprint density at radius 1 is 0.958 bits per heavy atom. The Morgan fingerprint density at radius 2 is 1.62 bits per heavy atom. The second kappa shape index (κ2) is 8.42. The van der Waals surface area contributed by atoms with Crippen molar-refractivity contribution in [1.82, 2.24) is 0 Å². The van der Waals surface area contributed by atoms with Gasteiger partial charge in [-0.2, -0.15) is 0 Å². The van der Waals surface area contributed by atoms with Crippen molar-refractivity contribution in [2.45, 2.75) is 6.61 Å². The van der Waals surface area contributed by atoms with E-state index in [0.29, 0.717) is 0 Å². The van der Waals surface area contributed by atoms with Crippen molar-refractivity contribution in [1.29, 1.82) is 0 Å². The average molecular weight is 366 g/mol. The van der Waals surface area contributed by atoms with E-state index >= 15 is 0 Å². The van der Waals surface area contributed by atoms with Gasteiger partial charge in [0.1, 0.15) is 6.61 Å². The number of hydrogen-bond donors (Lipinski definition) is 0. The second-order valence-corrected chi connectivity index (χ2v) is 6.34. The average Bonchev–Trinajstić information content (AvgIpc) is 3.30. The number of thiophene rings is 2. The van der Waals surface area contributed by atoms with Gasteiger partial charge in [0.15, 0.2) is 5.57 Å². The van der Waals surface area contributed by atoms with Crippen LogP contribution in [0.2, 0.25) is 0 Å². The van der Waals surface area contributed by atoms with Gasteiger partial charge in [0, 0.05) is 4.88 Å². The molecule has 0 spiro atoms. The van der Waals surface area contributed by atoms with Crippen LogP contribution in [0.5, 0.6) is 0 Å². The van der Waals surface area contributed by atoms with Crippen LogP contribution in [0, 0.1) is 0 Å². The topological polar surface area (TPSA) is 78.9 Å². The monoisotopic (exact) mass is 366 g/mol. The number of ketones is 1. The summed E-state index contributed by atoms with van der Waals surface area (Å²) in [5.74, 6) is -2.99. The first-order valence-electron chi connectivity index (χ1n) is 6.72. The van der Waals surface area contributed by atoms with Crippen LogP contribution in [0.3, 0.4) is 0 Å². The maximum absolute atomic E-state index is 12.6. The van der Waals surface area contributed by atoms with Crippen LogP contribution in [0.1, 0.15) is 14.5 Å². The molecule has 2 aromatic heterocycles. The predicted molar refractivity (Wildman–Crippen MR) is 88.8 cm³/mol. The third kappa shape index (κ3) is 4.09. The summed E-state index contributed by atoms with van der Waals surface area (Å²) in [6, 6.07) is 6.84. The highest BCUT2D eigenvalue weighted by Crippen LogP contribution is 2.21. The van der Waals surface area contributed by atoms with Crippen LogP contribution in [0.25, 0.3) is 0 Å². The van der Waals surface area contributed by atoms with Crippen LogP contribution in [0.4, 0.5) is 0 Å². The van der Waals surface area contributed by atoms with E-state index < -0.39 is 29.1 Å². The molecular weight excluding hydrogens is 352 g/mol. The minimum atomic E-state index is -0.958. The minimum Gasteiger partial charge on any atom is -0.480 e. The van der Waals surface area contributed by atoms with E-state index in [1.165, 1.54) is 11.3 Å². The molecule has 2 rings (SSSR count). The molecule has 0 saturated carbocycles. The molecule has 126 valence electrons. The van der Waals surface area contributed by atoms with Crippen LogP contribution < -0.4 is 0 Å². The number of methoxy groups -OCH3 is 2. The lowest BCUT2D eigenvalue weighted by atomic mass is 10.1. The van der Waals surface area contributed by atoms with Crippen molar-refractivity contribution in [2.75, 3.05) is 14.2 Å². The van der Waals surface area contributed by atoms with Gasteiger partial charge in [0.05, 0.1) is 19.1 Å². The van der Waals surface area contributed by atoms with Gasteiger partial charge < -0.3 is 14.2 Å². The lowest BCUT2D eigenvalue weighted by Gasteiger charge is -2.12. The quantitative estimate of drug-likeness (QED) is 0.187. The third-order valence-corrected chi connectivity index (χ3v) is 4.62. The zero-order valence-corrected chi connectivity index (χ0v) is 14.6. The number of rotatable bonds is 7. The van der Waals surface area contributed by atoms with Crippen molar-refractivity contribution in [3.63, 3.8) is 0 Å². The number of carbonyl (C=O) groups excluding carboxylic acids is 3. The normalized spacial score (nSPS) is 11.4. The van der Waals surface area contributed by atoms with Crippen LogP contribution in [-0.2, 0) is 30.4 Å². The second-order valence-electron chi connectivity index (χ2n) is 4.36. The number of hydrogen-bond acceptors (Lipinski definition) is 8. The number of esters is 2. The van der Waals surface area contributed by atoms with Crippen LogP contribution in [-0.4, -0.2) is 31.9 Å². The van der Waals surface area contributed by atoms with Gasteiger partial charge in [-0.25, -0.2) is 9.59 Å². The van der Waals surface area contributed by atoms with E-state index in [1.54, 1.807) is 23.6 Å². The SMILES string of the molecule is COC(=O)/C(OCc1cccs1)=C(/C(=O)OC)C(=O)c1cccs1. The largest absolute Gasteiger partial charge is 0.480 e. The summed E-state index contributed by atoms with van der Waals surface area (Å²) in [6.07, 6.45) is 0. The van der Waals surface area contributed by atoms with Crippen molar-refractivity contribution in [3.8, 4) is 0 Å². The zero-order valence-electron chi connectivity index (χ0n) is 12.9. The number of Topliss-reactive ketones (excluding diaryl/α,β-unsaturated/α-hetero) is 1. The Bertz CT molecular complexity index is 744. The fraction of sp³-hybridized carbons (Fsp3) is 0.188. The Morgan fingerprint density at radius 3 is 2.17 bits per heavy atom. The van der Waals surface area contributed by atoms with E-state index in [9.17, 15) is 14.4 Å². The summed E-state index contributed by atoms with van der Waals surface area (Å²) in [5.41, 5.74) is -0.483. The van der Waals surface area contributed by atoms with Gasteiger partial charge in [0.25, 0.3) is 0 Å². The molecule has 0 unspecified atom stereocenters. The van der Waals surface area contributed by atoms with Crippen molar-refractivity contribution in [2.24, 2.45) is 0 Å². The molecule has 0 saturated heterocycles. The molecule has 0 aliphatic rings. The molecule has 2 aromatic rings. The molecule has 0 atom stereocenters. The highest BCUT2D eigenvalue weighted by atomic mass is 32.1. The van der Waals surface area contributed by atoms with E-state index in [0.717, 1.165) is 30.4 Å². The Balaban J connectivity index is 2.44. The Hall–Kier alpha value is -2.45. The first kappa shape index (κ1) is 17.9.